The van der Waals surface area contributed by atoms with Crippen molar-refractivity contribution in [3.05, 3.63) is 102 Å². The van der Waals surface area contributed by atoms with Crippen LogP contribution in [0.25, 0.3) is 10.8 Å². The fraction of sp³-hybridized carbons (Fsp3) is 0.290. The maximum Gasteiger partial charge on any atom is 0.265 e. The molecule has 1 fully saturated rings. The highest BCUT2D eigenvalue weighted by Crippen LogP contribution is 2.45. The Kier molecular flexibility index (Phi) is 6.61. The number of rotatable bonds is 7. The molecule has 4 aromatic carbocycles. The number of sulfonamides is 1. The van der Waals surface area contributed by atoms with Crippen molar-refractivity contribution < 1.29 is 8.42 Å². The highest BCUT2D eigenvalue weighted by atomic mass is 32.2. The van der Waals surface area contributed by atoms with E-state index in [-0.39, 0.29) is 0 Å². The Morgan fingerprint density at radius 2 is 1.41 bits per heavy atom. The first-order chi connectivity index (χ1) is 18.1. The molecule has 2 heterocycles. The van der Waals surface area contributed by atoms with Crippen molar-refractivity contribution in [3.63, 3.8) is 0 Å². The Balaban J connectivity index is 1.24. The summed E-state index contributed by atoms with van der Waals surface area (Å²) in [6, 6.07) is 30.8. The van der Waals surface area contributed by atoms with Crippen LogP contribution in [0.3, 0.4) is 0 Å². The van der Waals surface area contributed by atoms with E-state index in [0.717, 1.165) is 74.1 Å². The molecule has 2 aliphatic rings. The summed E-state index contributed by atoms with van der Waals surface area (Å²) in [5.74, 6) is 0. The van der Waals surface area contributed by atoms with Crippen LogP contribution in [0, 0.1) is 0 Å². The normalized spacial score (nSPS) is 17.3. The van der Waals surface area contributed by atoms with E-state index in [1.54, 1.807) is 10.4 Å². The van der Waals surface area contributed by atoms with Gasteiger partial charge >= 0.3 is 0 Å². The lowest BCUT2D eigenvalue weighted by atomic mass is 10.0. The van der Waals surface area contributed by atoms with Crippen LogP contribution in [0.15, 0.2) is 95.9 Å². The van der Waals surface area contributed by atoms with E-state index in [2.05, 4.69) is 64.4 Å². The van der Waals surface area contributed by atoms with Crippen LogP contribution < -0.4 is 9.21 Å². The number of anilines is 2. The molecule has 6 heteroatoms. The first-order valence-corrected chi connectivity index (χ1v) is 14.7. The van der Waals surface area contributed by atoms with E-state index in [0.29, 0.717) is 11.4 Å². The smallest absolute Gasteiger partial charge is 0.265 e. The highest BCUT2D eigenvalue weighted by Gasteiger charge is 2.36. The van der Waals surface area contributed by atoms with Gasteiger partial charge in [0, 0.05) is 55.7 Å². The quantitative estimate of drug-likeness (QED) is 0.320. The predicted molar refractivity (Wildman–Crippen MR) is 152 cm³/mol. The molecule has 190 valence electrons. The summed E-state index contributed by atoms with van der Waals surface area (Å²) < 4.78 is 28.8. The molecular weight excluding hydrogens is 478 g/mol. The zero-order valence-corrected chi connectivity index (χ0v) is 21.9. The van der Waals surface area contributed by atoms with Crippen molar-refractivity contribution in [1.82, 2.24) is 4.90 Å². The van der Waals surface area contributed by atoms with Crippen LogP contribution in [-0.4, -0.2) is 46.0 Å². The number of aryl methyl sites for hydroxylation is 1. The second kappa shape index (κ2) is 10.2. The van der Waals surface area contributed by atoms with Gasteiger partial charge in [-0.15, -0.1) is 0 Å². The van der Waals surface area contributed by atoms with Crippen molar-refractivity contribution in [1.29, 1.82) is 0 Å². The summed E-state index contributed by atoms with van der Waals surface area (Å²) in [5.41, 5.74) is 4.55. The van der Waals surface area contributed by atoms with Gasteiger partial charge in [0.15, 0.2) is 0 Å². The topological polar surface area (TPSA) is 43.9 Å². The summed E-state index contributed by atoms with van der Waals surface area (Å²) in [4.78, 5) is 5.41. The molecule has 6 rings (SSSR count). The monoisotopic (exact) mass is 511 g/mol. The van der Waals surface area contributed by atoms with Crippen molar-refractivity contribution in [2.45, 2.75) is 30.7 Å². The molecule has 5 nitrogen and oxygen atoms in total. The van der Waals surface area contributed by atoms with Crippen LogP contribution in [0.2, 0.25) is 0 Å². The van der Waals surface area contributed by atoms with Crippen molar-refractivity contribution in [3.8, 4) is 0 Å². The van der Waals surface area contributed by atoms with Crippen LogP contribution in [0.4, 0.5) is 11.4 Å². The molecule has 0 N–H and O–H groups in total. The molecule has 0 spiro atoms. The minimum Gasteiger partial charge on any atom is -0.370 e. The molecule has 0 radical (unpaired) electrons. The SMILES string of the molecule is O=S1(=O)c2cccc3c(N4CCCN(Cc5ccccc5)CC4)ccc(c23)N1CCCc1ccccc1. The van der Waals surface area contributed by atoms with Gasteiger partial charge in [0.05, 0.1) is 10.6 Å². The average Bonchev–Trinajstić information content (AvgIpc) is 3.05. The van der Waals surface area contributed by atoms with E-state index < -0.39 is 10.0 Å². The van der Waals surface area contributed by atoms with Gasteiger partial charge in [0.2, 0.25) is 0 Å². The molecule has 0 unspecified atom stereocenters. The maximum absolute atomic E-state index is 13.6. The van der Waals surface area contributed by atoms with Crippen molar-refractivity contribution in [2.75, 3.05) is 41.9 Å². The second-order valence-corrected chi connectivity index (χ2v) is 11.9. The zero-order chi connectivity index (χ0) is 25.2. The van der Waals surface area contributed by atoms with Gasteiger partial charge in [-0.05, 0) is 48.6 Å². The summed E-state index contributed by atoms with van der Waals surface area (Å²) in [6.07, 6.45) is 2.72. The minimum atomic E-state index is -3.54. The first-order valence-electron chi connectivity index (χ1n) is 13.2. The fourth-order valence-corrected chi connectivity index (χ4v) is 7.55. The van der Waals surface area contributed by atoms with Gasteiger partial charge < -0.3 is 4.90 Å². The summed E-state index contributed by atoms with van der Waals surface area (Å²) in [6.45, 7) is 5.40. The summed E-state index contributed by atoms with van der Waals surface area (Å²) in [5, 5.41) is 1.92. The molecule has 0 bridgehead atoms. The number of benzene rings is 4. The molecule has 0 atom stereocenters. The standard InChI is InChI=1S/C31H33N3O2S/c35-37(36)30-16-7-15-27-28(33-20-9-19-32(22-23-33)24-26-12-5-2-6-13-26)17-18-29(31(27)30)34(37)21-8-14-25-10-3-1-4-11-25/h1-7,10-13,15-18H,8-9,14,19-24H2. The highest BCUT2D eigenvalue weighted by molar-refractivity contribution is 7.93. The van der Waals surface area contributed by atoms with Gasteiger partial charge in [-0.25, -0.2) is 8.42 Å². The van der Waals surface area contributed by atoms with E-state index in [1.807, 2.05) is 30.3 Å². The van der Waals surface area contributed by atoms with Gasteiger partial charge in [-0.3, -0.25) is 9.21 Å². The van der Waals surface area contributed by atoms with Gasteiger partial charge in [-0.2, -0.15) is 0 Å². The Morgan fingerprint density at radius 3 is 2.19 bits per heavy atom. The molecule has 0 saturated carbocycles. The maximum atomic E-state index is 13.6. The lowest BCUT2D eigenvalue weighted by molar-refractivity contribution is 0.285. The van der Waals surface area contributed by atoms with Gasteiger partial charge in [-0.1, -0.05) is 72.8 Å². The van der Waals surface area contributed by atoms with E-state index in [9.17, 15) is 8.42 Å². The third kappa shape index (κ3) is 4.72. The number of hydrogen-bond donors (Lipinski definition) is 0. The molecule has 37 heavy (non-hydrogen) atoms. The van der Waals surface area contributed by atoms with Crippen molar-refractivity contribution in [2.24, 2.45) is 0 Å². The Bertz CT molecular complexity index is 1490. The third-order valence-corrected chi connectivity index (χ3v) is 9.50. The summed E-state index contributed by atoms with van der Waals surface area (Å²) >= 11 is 0. The molecule has 1 saturated heterocycles. The fourth-order valence-electron chi connectivity index (χ4n) is 5.81. The lowest BCUT2D eigenvalue weighted by Gasteiger charge is -2.26. The first kappa shape index (κ1) is 24.0. The molecular formula is C31H33N3O2S. The van der Waals surface area contributed by atoms with Crippen LogP contribution in [-0.2, 0) is 23.0 Å². The number of nitrogens with zero attached hydrogens (tertiary/aromatic N) is 3. The van der Waals surface area contributed by atoms with Crippen LogP contribution >= 0.6 is 0 Å². The lowest BCUT2D eigenvalue weighted by Crippen LogP contribution is -2.30. The van der Waals surface area contributed by atoms with Crippen molar-refractivity contribution >= 4 is 32.2 Å². The zero-order valence-electron chi connectivity index (χ0n) is 21.1. The Labute approximate surface area is 220 Å². The van der Waals surface area contributed by atoms with Crippen LogP contribution in [0.1, 0.15) is 24.0 Å². The van der Waals surface area contributed by atoms with E-state index in [1.165, 1.54) is 11.1 Å². The molecule has 0 amide bonds. The largest absolute Gasteiger partial charge is 0.370 e. The average molecular weight is 512 g/mol. The third-order valence-electron chi connectivity index (χ3n) is 7.64. The second-order valence-electron chi connectivity index (χ2n) is 10.1. The Morgan fingerprint density at radius 1 is 0.676 bits per heavy atom. The molecule has 0 aromatic heterocycles. The van der Waals surface area contributed by atoms with E-state index >= 15 is 0 Å². The van der Waals surface area contributed by atoms with Gasteiger partial charge in [0.1, 0.15) is 0 Å². The van der Waals surface area contributed by atoms with Crippen LogP contribution in [0.5, 0.6) is 0 Å². The molecule has 2 aliphatic heterocycles. The van der Waals surface area contributed by atoms with Gasteiger partial charge in [0.25, 0.3) is 10.0 Å². The predicted octanol–water partition coefficient (Wildman–Crippen LogP) is 5.69. The summed E-state index contributed by atoms with van der Waals surface area (Å²) in [7, 11) is -3.54. The Hall–Kier alpha value is -3.35. The van der Waals surface area contributed by atoms with E-state index in [4.69, 9.17) is 0 Å². The molecule has 0 aliphatic carbocycles. The minimum absolute atomic E-state index is 0.446. The molecule has 4 aromatic rings. The number of hydrogen-bond acceptors (Lipinski definition) is 4.